The van der Waals surface area contributed by atoms with E-state index in [4.69, 9.17) is 5.73 Å². The van der Waals surface area contributed by atoms with Crippen molar-refractivity contribution in [3.05, 3.63) is 0 Å². The van der Waals surface area contributed by atoms with E-state index < -0.39 is 11.3 Å². The molecular formula is C13H22N2O3. The minimum atomic E-state index is -1.00. The molecule has 1 aliphatic carbocycles. The molecule has 1 saturated heterocycles. The summed E-state index contributed by atoms with van der Waals surface area (Å²) in [6.07, 6.45) is 5.67. The van der Waals surface area contributed by atoms with Crippen LogP contribution in [0.2, 0.25) is 0 Å². The van der Waals surface area contributed by atoms with Gasteiger partial charge in [-0.1, -0.05) is 19.3 Å². The lowest BCUT2D eigenvalue weighted by Crippen LogP contribution is -2.54. The van der Waals surface area contributed by atoms with Crippen LogP contribution in [-0.4, -0.2) is 41.0 Å². The van der Waals surface area contributed by atoms with E-state index in [1.807, 2.05) is 0 Å². The number of carbonyl (C=O) groups excluding carboxylic acids is 2. The highest BCUT2D eigenvalue weighted by molar-refractivity contribution is 6.04. The maximum atomic E-state index is 12.6. The average Bonchev–Trinajstić information content (AvgIpc) is 2.86. The van der Waals surface area contributed by atoms with Crippen LogP contribution in [0.4, 0.5) is 0 Å². The number of rotatable bonds is 3. The Bertz CT molecular complexity index is 337. The maximum absolute atomic E-state index is 12.6. The Hall–Kier alpha value is -1.10. The van der Waals surface area contributed by atoms with E-state index in [0.717, 1.165) is 32.1 Å². The number of nitrogens with zero attached hydrogens (tertiary/aromatic N) is 1. The molecule has 0 spiro atoms. The quantitative estimate of drug-likeness (QED) is 0.715. The number of nitrogens with two attached hydrogens (primary N) is 1. The summed E-state index contributed by atoms with van der Waals surface area (Å²) in [7, 11) is 0. The number of hydrogen-bond acceptors (Lipinski definition) is 3. The zero-order valence-corrected chi connectivity index (χ0v) is 10.7. The number of aliphatic hydroxyl groups excluding tert-OH is 1. The predicted octanol–water partition coefficient (Wildman–Crippen LogP) is 0.405. The molecule has 1 saturated carbocycles. The molecule has 0 aromatic carbocycles. The normalized spacial score (nSPS) is 27.2. The Labute approximate surface area is 107 Å². The fourth-order valence-corrected chi connectivity index (χ4v) is 3.29. The Morgan fingerprint density at radius 1 is 1.22 bits per heavy atom. The molecule has 0 bridgehead atoms. The molecule has 0 unspecified atom stereocenters. The Balaban J connectivity index is 2.20. The van der Waals surface area contributed by atoms with Crippen LogP contribution in [0.5, 0.6) is 0 Å². The summed E-state index contributed by atoms with van der Waals surface area (Å²) in [5, 5.41) is 9.30. The smallest absolute Gasteiger partial charge is 0.238 e. The van der Waals surface area contributed by atoms with Gasteiger partial charge in [0.2, 0.25) is 11.8 Å². The SMILES string of the molecule is NC(=O)C1(C(=O)N2CCC[C@H]2CO)CCCCC1. The number of likely N-dealkylation sites (tertiary alicyclic amines) is 1. The first-order chi connectivity index (χ1) is 8.62. The fourth-order valence-electron chi connectivity index (χ4n) is 3.29. The summed E-state index contributed by atoms with van der Waals surface area (Å²) in [5.74, 6) is -0.637. The minimum absolute atomic E-state index is 0.0272. The lowest BCUT2D eigenvalue weighted by Gasteiger charge is -2.37. The highest BCUT2D eigenvalue weighted by atomic mass is 16.3. The third-order valence-corrected chi connectivity index (χ3v) is 4.44. The van der Waals surface area contributed by atoms with Crippen molar-refractivity contribution in [3.8, 4) is 0 Å². The molecule has 2 rings (SSSR count). The molecule has 0 aromatic rings. The minimum Gasteiger partial charge on any atom is -0.394 e. The van der Waals surface area contributed by atoms with Crippen LogP contribution >= 0.6 is 0 Å². The first kappa shape index (κ1) is 13.3. The molecule has 1 aliphatic heterocycles. The van der Waals surface area contributed by atoms with Gasteiger partial charge in [0, 0.05) is 6.54 Å². The van der Waals surface area contributed by atoms with E-state index in [-0.39, 0.29) is 18.6 Å². The summed E-state index contributed by atoms with van der Waals surface area (Å²) in [5.41, 5.74) is 4.50. The number of aliphatic hydroxyl groups is 1. The highest BCUT2D eigenvalue weighted by Crippen LogP contribution is 2.39. The predicted molar refractivity (Wildman–Crippen MR) is 66.5 cm³/mol. The number of carbonyl (C=O) groups is 2. The fraction of sp³-hybridized carbons (Fsp3) is 0.846. The van der Waals surface area contributed by atoms with Gasteiger partial charge in [0.1, 0.15) is 5.41 Å². The van der Waals surface area contributed by atoms with Crippen molar-refractivity contribution in [2.45, 2.75) is 51.0 Å². The van der Waals surface area contributed by atoms with Gasteiger partial charge in [0.15, 0.2) is 0 Å². The monoisotopic (exact) mass is 254 g/mol. The Morgan fingerprint density at radius 3 is 2.44 bits per heavy atom. The van der Waals surface area contributed by atoms with Crippen molar-refractivity contribution < 1.29 is 14.7 Å². The number of hydrogen-bond donors (Lipinski definition) is 2. The summed E-state index contributed by atoms with van der Waals surface area (Å²) >= 11 is 0. The molecule has 2 aliphatic rings. The summed E-state index contributed by atoms with van der Waals surface area (Å²) in [6, 6.07) is -0.129. The van der Waals surface area contributed by atoms with Gasteiger partial charge in [-0.05, 0) is 25.7 Å². The van der Waals surface area contributed by atoms with E-state index >= 15 is 0 Å². The Morgan fingerprint density at radius 2 is 1.89 bits per heavy atom. The van der Waals surface area contributed by atoms with Gasteiger partial charge in [-0.3, -0.25) is 9.59 Å². The zero-order chi connectivity index (χ0) is 13.2. The average molecular weight is 254 g/mol. The van der Waals surface area contributed by atoms with Crippen LogP contribution in [0.1, 0.15) is 44.9 Å². The van der Waals surface area contributed by atoms with Crippen molar-refractivity contribution in [1.82, 2.24) is 4.90 Å². The standard InChI is InChI=1S/C13H22N2O3/c14-11(17)13(6-2-1-3-7-13)12(18)15-8-4-5-10(15)9-16/h10,16H,1-9H2,(H2,14,17)/t10-/m0/s1. The van der Waals surface area contributed by atoms with Crippen LogP contribution in [-0.2, 0) is 9.59 Å². The topological polar surface area (TPSA) is 83.6 Å². The zero-order valence-electron chi connectivity index (χ0n) is 10.7. The van der Waals surface area contributed by atoms with Crippen molar-refractivity contribution in [1.29, 1.82) is 0 Å². The molecule has 2 amide bonds. The molecule has 0 radical (unpaired) electrons. The third-order valence-electron chi connectivity index (χ3n) is 4.44. The molecule has 18 heavy (non-hydrogen) atoms. The summed E-state index contributed by atoms with van der Waals surface area (Å²) in [4.78, 5) is 26.1. The largest absolute Gasteiger partial charge is 0.394 e. The molecule has 2 fully saturated rings. The highest BCUT2D eigenvalue weighted by Gasteiger charge is 2.48. The first-order valence-electron chi connectivity index (χ1n) is 6.83. The van der Waals surface area contributed by atoms with Crippen LogP contribution in [0.15, 0.2) is 0 Å². The first-order valence-corrected chi connectivity index (χ1v) is 6.83. The molecule has 1 atom stereocenters. The van der Waals surface area contributed by atoms with Gasteiger partial charge in [0.05, 0.1) is 12.6 Å². The third kappa shape index (κ3) is 2.11. The molecule has 0 aromatic heterocycles. The van der Waals surface area contributed by atoms with Crippen molar-refractivity contribution in [3.63, 3.8) is 0 Å². The molecule has 1 heterocycles. The molecule has 5 nitrogen and oxygen atoms in total. The number of amides is 2. The van der Waals surface area contributed by atoms with Gasteiger partial charge in [0.25, 0.3) is 0 Å². The van der Waals surface area contributed by atoms with Crippen molar-refractivity contribution in [2.24, 2.45) is 11.1 Å². The van der Waals surface area contributed by atoms with Crippen LogP contribution in [0.25, 0.3) is 0 Å². The van der Waals surface area contributed by atoms with Crippen LogP contribution < -0.4 is 5.73 Å². The van der Waals surface area contributed by atoms with E-state index in [1.165, 1.54) is 0 Å². The maximum Gasteiger partial charge on any atom is 0.238 e. The Kier molecular flexibility index (Phi) is 3.90. The van der Waals surface area contributed by atoms with Gasteiger partial charge >= 0.3 is 0 Å². The van der Waals surface area contributed by atoms with Gasteiger partial charge in [-0.15, -0.1) is 0 Å². The summed E-state index contributed by atoms with van der Waals surface area (Å²) < 4.78 is 0. The lowest BCUT2D eigenvalue weighted by molar-refractivity contribution is -0.153. The second-order valence-corrected chi connectivity index (χ2v) is 5.48. The van der Waals surface area contributed by atoms with Gasteiger partial charge in [-0.2, -0.15) is 0 Å². The molecule has 3 N–H and O–H groups in total. The van der Waals surface area contributed by atoms with Crippen molar-refractivity contribution in [2.75, 3.05) is 13.2 Å². The second-order valence-electron chi connectivity index (χ2n) is 5.48. The molecule has 5 heteroatoms. The van der Waals surface area contributed by atoms with Gasteiger partial charge < -0.3 is 15.7 Å². The molecular weight excluding hydrogens is 232 g/mol. The summed E-state index contributed by atoms with van der Waals surface area (Å²) in [6.45, 7) is 0.611. The van der Waals surface area contributed by atoms with Crippen molar-refractivity contribution >= 4 is 11.8 Å². The molecule has 102 valence electrons. The number of primary amides is 1. The second kappa shape index (κ2) is 5.26. The van der Waals surface area contributed by atoms with E-state index in [0.29, 0.717) is 19.4 Å². The van der Waals surface area contributed by atoms with E-state index in [1.54, 1.807) is 4.90 Å². The van der Waals surface area contributed by atoms with Gasteiger partial charge in [-0.25, -0.2) is 0 Å². The lowest BCUT2D eigenvalue weighted by atomic mass is 9.72. The van der Waals surface area contributed by atoms with Crippen LogP contribution in [0.3, 0.4) is 0 Å². The van der Waals surface area contributed by atoms with E-state index in [9.17, 15) is 14.7 Å². The van der Waals surface area contributed by atoms with Crippen LogP contribution in [0, 0.1) is 5.41 Å². The van der Waals surface area contributed by atoms with E-state index in [2.05, 4.69) is 0 Å².